The normalized spacial score (nSPS) is 13.4. The first-order chi connectivity index (χ1) is 11.1. The number of rotatable bonds is 5. The van der Waals surface area contributed by atoms with Crippen LogP contribution in [-0.4, -0.2) is 21.9 Å². The Kier molecular flexibility index (Phi) is 4.81. The number of Topliss-reactive ketones (excluding diaryl/α,β-unsaturated/α-hetero) is 1. The predicted molar refractivity (Wildman–Crippen MR) is 89.9 cm³/mol. The van der Waals surface area contributed by atoms with Crippen LogP contribution >= 0.6 is 11.3 Å². The second kappa shape index (κ2) is 7.00. The number of fused-ring (bicyclic) bond motifs is 1. The Morgan fingerprint density at radius 3 is 2.65 bits per heavy atom. The standard InChI is InChI=1S/C17H19N3O2S/c1-11-19-20-17(23-11)18-16(22)9-8-15(21)14-7-6-12-4-2-3-5-13(12)10-14/h6-7,10H,2-5,8-9H2,1H3,(H,18,20,22). The van der Waals surface area contributed by atoms with Gasteiger partial charge in [-0.15, -0.1) is 10.2 Å². The fourth-order valence-corrected chi connectivity index (χ4v) is 3.42. The lowest BCUT2D eigenvalue weighted by molar-refractivity contribution is -0.116. The lowest BCUT2D eigenvalue weighted by atomic mass is 9.89. The molecule has 0 saturated heterocycles. The Hall–Kier alpha value is -2.08. The van der Waals surface area contributed by atoms with Gasteiger partial charge in [-0.2, -0.15) is 0 Å². The average Bonchev–Trinajstić information content (AvgIpc) is 2.97. The van der Waals surface area contributed by atoms with Gasteiger partial charge in [0.15, 0.2) is 5.78 Å². The summed E-state index contributed by atoms with van der Waals surface area (Å²) in [5.74, 6) is -0.186. The van der Waals surface area contributed by atoms with Gasteiger partial charge in [-0.25, -0.2) is 0 Å². The molecule has 0 unspecified atom stereocenters. The molecule has 1 aliphatic rings. The van der Waals surface area contributed by atoms with E-state index in [2.05, 4.69) is 21.6 Å². The first-order valence-electron chi connectivity index (χ1n) is 7.87. The molecule has 1 amide bonds. The minimum atomic E-state index is -0.201. The van der Waals surface area contributed by atoms with Crippen molar-refractivity contribution in [3.05, 3.63) is 39.9 Å². The van der Waals surface area contributed by atoms with Gasteiger partial charge in [-0.3, -0.25) is 9.59 Å². The van der Waals surface area contributed by atoms with E-state index >= 15 is 0 Å². The van der Waals surface area contributed by atoms with Gasteiger partial charge in [0.05, 0.1) is 0 Å². The van der Waals surface area contributed by atoms with Gasteiger partial charge in [0.25, 0.3) is 0 Å². The topological polar surface area (TPSA) is 72.0 Å². The van der Waals surface area contributed by atoms with Crippen LogP contribution in [0.5, 0.6) is 0 Å². The Bertz CT molecular complexity index is 739. The molecule has 1 aromatic heterocycles. The molecular weight excluding hydrogens is 310 g/mol. The fourth-order valence-electron chi connectivity index (χ4n) is 2.81. The fraction of sp³-hybridized carbons (Fsp3) is 0.412. The van der Waals surface area contributed by atoms with E-state index < -0.39 is 0 Å². The van der Waals surface area contributed by atoms with Crippen LogP contribution in [0.1, 0.15) is 52.2 Å². The van der Waals surface area contributed by atoms with Crippen molar-refractivity contribution in [3.8, 4) is 0 Å². The van der Waals surface area contributed by atoms with Crippen molar-refractivity contribution >= 4 is 28.2 Å². The largest absolute Gasteiger partial charge is 0.301 e. The quantitative estimate of drug-likeness (QED) is 0.854. The lowest BCUT2D eigenvalue weighted by Crippen LogP contribution is -2.14. The summed E-state index contributed by atoms with van der Waals surface area (Å²) in [4.78, 5) is 24.2. The minimum Gasteiger partial charge on any atom is -0.301 e. The number of carbonyl (C=O) groups excluding carboxylic acids is 2. The Balaban J connectivity index is 1.55. The van der Waals surface area contributed by atoms with E-state index in [0.717, 1.165) is 17.8 Å². The lowest BCUT2D eigenvalue weighted by Gasteiger charge is -2.16. The number of nitrogens with zero attached hydrogens (tertiary/aromatic N) is 2. The van der Waals surface area contributed by atoms with Crippen LogP contribution in [0, 0.1) is 6.92 Å². The summed E-state index contributed by atoms with van der Waals surface area (Å²) in [7, 11) is 0. The number of anilines is 1. The number of hydrogen-bond acceptors (Lipinski definition) is 5. The van der Waals surface area contributed by atoms with E-state index in [1.807, 2.05) is 19.1 Å². The SMILES string of the molecule is Cc1nnc(NC(=O)CCC(=O)c2ccc3c(c2)CCCC3)s1. The molecule has 5 nitrogen and oxygen atoms in total. The Morgan fingerprint density at radius 2 is 1.91 bits per heavy atom. The van der Waals surface area contributed by atoms with E-state index in [4.69, 9.17) is 0 Å². The number of amides is 1. The molecule has 23 heavy (non-hydrogen) atoms. The number of aromatic nitrogens is 2. The zero-order valence-corrected chi connectivity index (χ0v) is 13.9. The number of nitrogens with one attached hydrogen (secondary N) is 1. The third kappa shape index (κ3) is 4.01. The second-order valence-corrected chi connectivity index (χ2v) is 6.97. The third-order valence-electron chi connectivity index (χ3n) is 4.02. The summed E-state index contributed by atoms with van der Waals surface area (Å²) in [6, 6.07) is 5.95. The second-order valence-electron chi connectivity index (χ2n) is 5.79. The van der Waals surface area contributed by atoms with Gasteiger partial charge in [0, 0.05) is 18.4 Å². The van der Waals surface area contributed by atoms with Gasteiger partial charge in [0.1, 0.15) is 5.01 Å². The maximum absolute atomic E-state index is 12.3. The number of ketones is 1. The van der Waals surface area contributed by atoms with E-state index in [1.165, 1.54) is 35.3 Å². The van der Waals surface area contributed by atoms with Gasteiger partial charge in [0.2, 0.25) is 11.0 Å². The van der Waals surface area contributed by atoms with Gasteiger partial charge < -0.3 is 5.32 Å². The molecule has 120 valence electrons. The highest BCUT2D eigenvalue weighted by Crippen LogP contribution is 2.23. The summed E-state index contributed by atoms with van der Waals surface area (Å²) in [5.41, 5.74) is 3.36. The van der Waals surface area contributed by atoms with Crippen LogP contribution in [0.2, 0.25) is 0 Å². The third-order valence-corrected chi connectivity index (χ3v) is 4.78. The zero-order valence-electron chi connectivity index (χ0n) is 13.1. The Labute approximate surface area is 139 Å². The van der Waals surface area contributed by atoms with Crippen molar-refractivity contribution in [3.63, 3.8) is 0 Å². The highest BCUT2D eigenvalue weighted by Gasteiger charge is 2.14. The molecule has 1 aliphatic carbocycles. The average molecular weight is 329 g/mol. The van der Waals surface area contributed by atoms with Crippen LogP contribution < -0.4 is 5.32 Å². The first-order valence-corrected chi connectivity index (χ1v) is 8.68. The molecule has 1 heterocycles. The smallest absolute Gasteiger partial charge is 0.226 e. The summed E-state index contributed by atoms with van der Waals surface area (Å²) >= 11 is 1.32. The van der Waals surface area contributed by atoms with E-state index in [9.17, 15) is 9.59 Å². The van der Waals surface area contributed by atoms with Crippen molar-refractivity contribution in [2.75, 3.05) is 5.32 Å². The van der Waals surface area contributed by atoms with E-state index in [1.54, 1.807) is 0 Å². The van der Waals surface area contributed by atoms with Crippen LogP contribution in [-0.2, 0) is 17.6 Å². The summed E-state index contributed by atoms with van der Waals surface area (Å²) < 4.78 is 0. The predicted octanol–water partition coefficient (Wildman–Crippen LogP) is 3.33. The highest BCUT2D eigenvalue weighted by atomic mass is 32.1. The summed E-state index contributed by atoms with van der Waals surface area (Å²) in [6.07, 6.45) is 4.94. The van der Waals surface area contributed by atoms with Crippen LogP contribution in [0.4, 0.5) is 5.13 Å². The van der Waals surface area contributed by atoms with Crippen molar-refractivity contribution in [1.29, 1.82) is 0 Å². The van der Waals surface area contributed by atoms with E-state index in [-0.39, 0.29) is 24.5 Å². The first kappa shape index (κ1) is 15.8. The molecule has 6 heteroatoms. The number of hydrogen-bond donors (Lipinski definition) is 1. The number of carbonyl (C=O) groups is 2. The van der Waals surface area contributed by atoms with Crippen molar-refractivity contribution < 1.29 is 9.59 Å². The van der Waals surface area contributed by atoms with Crippen LogP contribution in [0.15, 0.2) is 18.2 Å². The highest BCUT2D eigenvalue weighted by molar-refractivity contribution is 7.15. The summed E-state index contributed by atoms with van der Waals surface area (Å²) in [6.45, 7) is 1.83. The monoisotopic (exact) mass is 329 g/mol. The van der Waals surface area contributed by atoms with Crippen LogP contribution in [0.25, 0.3) is 0 Å². The van der Waals surface area contributed by atoms with Crippen molar-refractivity contribution in [1.82, 2.24) is 10.2 Å². The maximum atomic E-state index is 12.3. The van der Waals surface area contributed by atoms with Gasteiger partial charge in [-0.05, 0) is 49.8 Å². The molecule has 0 saturated carbocycles. The van der Waals surface area contributed by atoms with Crippen LogP contribution in [0.3, 0.4) is 0 Å². The molecule has 0 atom stereocenters. The van der Waals surface area contributed by atoms with E-state index in [0.29, 0.717) is 10.7 Å². The molecule has 0 bridgehead atoms. The molecule has 3 rings (SSSR count). The molecule has 1 N–H and O–H groups in total. The van der Waals surface area contributed by atoms with Crippen molar-refractivity contribution in [2.45, 2.75) is 45.4 Å². The molecular formula is C17H19N3O2S. The van der Waals surface area contributed by atoms with Crippen molar-refractivity contribution in [2.24, 2.45) is 0 Å². The molecule has 0 fully saturated rings. The minimum absolute atomic E-state index is 0.0157. The summed E-state index contributed by atoms with van der Waals surface area (Å²) in [5, 5.41) is 11.6. The molecule has 0 spiro atoms. The number of benzene rings is 1. The molecule has 0 aliphatic heterocycles. The number of aryl methyl sites for hydroxylation is 3. The Morgan fingerprint density at radius 1 is 1.13 bits per heavy atom. The zero-order chi connectivity index (χ0) is 16.2. The maximum Gasteiger partial charge on any atom is 0.226 e. The molecule has 2 aromatic rings. The van der Waals surface area contributed by atoms with Gasteiger partial charge in [-0.1, -0.05) is 23.5 Å². The molecule has 0 radical (unpaired) electrons. The molecule has 1 aromatic carbocycles. The van der Waals surface area contributed by atoms with Gasteiger partial charge >= 0.3 is 0 Å².